The highest BCUT2D eigenvalue weighted by atomic mass is 35.5. The summed E-state index contributed by atoms with van der Waals surface area (Å²) < 4.78 is 7.48. The predicted molar refractivity (Wildman–Crippen MR) is 132 cm³/mol. The lowest BCUT2D eigenvalue weighted by molar-refractivity contribution is -0.118. The van der Waals surface area contributed by atoms with Crippen molar-refractivity contribution in [3.63, 3.8) is 0 Å². The number of hydrogen-bond acceptors (Lipinski definition) is 6. The number of carbonyl (C=O) groups is 1. The molecule has 0 bridgehead atoms. The quantitative estimate of drug-likeness (QED) is 0.265. The third-order valence-electron chi connectivity index (χ3n) is 5.57. The summed E-state index contributed by atoms with van der Waals surface area (Å²) in [6.45, 7) is 0. The summed E-state index contributed by atoms with van der Waals surface area (Å²) >= 11 is 7.44. The summed E-state index contributed by atoms with van der Waals surface area (Å²) in [5.74, 6) is 1.49. The molecule has 0 unspecified atom stereocenters. The van der Waals surface area contributed by atoms with Crippen LogP contribution in [-0.2, 0) is 4.79 Å². The Morgan fingerprint density at radius 2 is 1.94 bits per heavy atom. The first-order valence-electron chi connectivity index (χ1n) is 10.9. The molecule has 0 atom stereocenters. The third kappa shape index (κ3) is 5.94. The summed E-state index contributed by atoms with van der Waals surface area (Å²) in [5, 5.41) is 14.4. The zero-order valence-corrected chi connectivity index (χ0v) is 20.0. The Labute approximate surface area is 202 Å². The molecule has 1 heterocycles. The molecule has 4 rings (SSSR count). The maximum absolute atomic E-state index is 12.4. The number of rotatable bonds is 8. The highest BCUT2D eigenvalue weighted by molar-refractivity contribution is 7.99. The molecular formula is C24H26ClN5O2S. The molecule has 1 fully saturated rings. The van der Waals surface area contributed by atoms with Crippen LogP contribution in [-0.4, -0.2) is 39.7 Å². The number of thioether (sulfide) groups is 1. The van der Waals surface area contributed by atoms with E-state index in [-0.39, 0.29) is 11.7 Å². The smallest absolute Gasteiger partial charge is 0.250 e. The Morgan fingerprint density at radius 3 is 2.70 bits per heavy atom. The molecule has 1 amide bonds. The van der Waals surface area contributed by atoms with Crippen LogP contribution < -0.4 is 10.2 Å². The number of hydrogen-bond donors (Lipinski definition) is 1. The molecule has 0 aliphatic heterocycles. The van der Waals surface area contributed by atoms with E-state index in [1.165, 1.54) is 31.0 Å². The number of halogens is 1. The first-order chi connectivity index (χ1) is 16.2. The van der Waals surface area contributed by atoms with Crippen LogP contribution in [0.2, 0.25) is 5.02 Å². The minimum Gasteiger partial charge on any atom is -0.496 e. The van der Waals surface area contributed by atoms with Gasteiger partial charge in [0.05, 0.1) is 19.1 Å². The number of hydrazone groups is 1. The molecule has 172 valence electrons. The summed E-state index contributed by atoms with van der Waals surface area (Å²) in [6.07, 6.45) is 7.37. The van der Waals surface area contributed by atoms with Gasteiger partial charge in [-0.05, 0) is 49.2 Å². The maximum Gasteiger partial charge on any atom is 0.250 e. The maximum atomic E-state index is 12.4. The predicted octanol–water partition coefficient (Wildman–Crippen LogP) is 5.35. The van der Waals surface area contributed by atoms with Crippen LogP contribution in [0.15, 0.2) is 58.8 Å². The number of nitrogens with zero attached hydrogens (tertiary/aromatic N) is 4. The second kappa shape index (κ2) is 11.3. The monoisotopic (exact) mass is 483 g/mol. The van der Waals surface area contributed by atoms with Gasteiger partial charge in [-0.15, -0.1) is 10.2 Å². The van der Waals surface area contributed by atoms with Gasteiger partial charge in [-0.25, -0.2) is 5.43 Å². The molecular weight excluding hydrogens is 458 g/mol. The topological polar surface area (TPSA) is 81.4 Å². The van der Waals surface area contributed by atoms with E-state index < -0.39 is 0 Å². The highest BCUT2D eigenvalue weighted by Crippen LogP contribution is 2.35. The van der Waals surface area contributed by atoms with Crippen molar-refractivity contribution in [3.05, 3.63) is 59.1 Å². The lowest BCUT2D eigenvalue weighted by Gasteiger charge is -2.25. The second-order valence-electron chi connectivity index (χ2n) is 7.80. The van der Waals surface area contributed by atoms with Gasteiger partial charge in [-0.1, -0.05) is 54.8 Å². The average Bonchev–Trinajstić information content (AvgIpc) is 3.28. The molecule has 1 aliphatic carbocycles. The second-order valence-corrected chi connectivity index (χ2v) is 9.18. The van der Waals surface area contributed by atoms with Crippen LogP contribution in [0.1, 0.15) is 43.7 Å². The summed E-state index contributed by atoms with van der Waals surface area (Å²) in [5.41, 5.74) is 4.34. The van der Waals surface area contributed by atoms with Gasteiger partial charge in [0.25, 0.3) is 5.91 Å². The van der Waals surface area contributed by atoms with E-state index in [1.54, 1.807) is 13.3 Å². The van der Waals surface area contributed by atoms with Gasteiger partial charge in [0.15, 0.2) is 11.0 Å². The van der Waals surface area contributed by atoms with Gasteiger partial charge < -0.3 is 4.74 Å². The summed E-state index contributed by atoms with van der Waals surface area (Å²) in [4.78, 5) is 12.4. The van der Waals surface area contributed by atoms with Crippen molar-refractivity contribution in [3.8, 4) is 17.1 Å². The average molecular weight is 484 g/mol. The zero-order valence-electron chi connectivity index (χ0n) is 18.4. The van der Waals surface area contributed by atoms with E-state index >= 15 is 0 Å². The summed E-state index contributed by atoms with van der Waals surface area (Å²) in [6, 6.07) is 15.4. The molecule has 0 saturated heterocycles. The fourth-order valence-electron chi connectivity index (χ4n) is 3.95. The van der Waals surface area contributed by atoms with Crippen molar-refractivity contribution in [1.29, 1.82) is 0 Å². The van der Waals surface area contributed by atoms with Crippen molar-refractivity contribution < 1.29 is 9.53 Å². The SMILES string of the molecule is COc1ccccc1/C=N/NC(=O)CSc1nnc(-c2ccc(Cl)cc2)n1C1CCCCC1. The molecule has 3 aromatic rings. The Bertz CT molecular complexity index is 1110. The lowest BCUT2D eigenvalue weighted by atomic mass is 9.95. The zero-order chi connectivity index (χ0) is 23.0. The molecule has 0 spiro atoms. The highest BCUT2D eigenvalue weighted by Gasteiger charge is 2.24. The molecule has 33 heavy (non-hydrogen) atoms. The van der Waals surface area contributed by atoms with Crippen LogP contribution in [0.5, 0.6) is 5.75 Å². The number of aromatic nitrogens is 3. The Kier molecular flexibility index (Phi) is 8.01. The van der Waals surface area contributed by atoms with Crippen LogP contribution in [0.4, 0.5) is 0 Å². The number of ether oxygens (including phenoxy) is 1. The lowest BCUT2D eigenvalue weighted by Crippen LogP contribution is -2.20. The number of amides is 1. The Morgan fingerprint density at radius 1 is 1.18 bits per heavy atom. The number of methoxy groups -OCH3 is 1. The number of para-hydroxylation sites is 1. The minimum atomic E-state index is -0.211. The molecule has 9 heteroatoms. The number of nitrogens with one attached hydrogen (secondary N) is 1. The molecule has 2 aromatic carbocycles. The summed E-state index contributed by atoms with van der Waals surface area (Å²) in [7, 11) is 1.60. The molecule has 7 nitrogen and oxygen atoms in total. The normalized spacial score (nSPS) is 14.5. The van der Waals surface area contributed by atoms with Crippen molar-refractivity contribution in [2.45, 2.75) is 43.3 Å². The standard InChI is InChI=1S/C24H26ClN5O2S/c1-32-21-10-6-5-7-18(21)15-26-27-22(31)16-33-24-29-28-23(17-11-13-19(25)14-12-17)30(24)20-8-3-2-4-9-20/h5-7,10-15,20H,2-4,8-9,16H2,1H3,(H,27,31)/b26-15+. The van der Waals surface area contributed by atoms with E-state index in [0.717, 1.165) is 34.9 Å². The van der Waals surface area contributed by atoms with Crippen LogP contribution >= 0.6 is 23.4 Å². The number of benzene rings is 2. The largest absolute Gasteiger partial charge is 0.496 e. The van der Waals surface area contributed by atoms with Crippen molar-refractivity contribution in [2.75, 3.05) is 12.9 Å². The van der Waals surface area contributed by atoms with Gasteiger partial charge >= 0.3 is 0 Å². The Balaban J connectivity index is 1.45. The Hall–Kier alpha value is -2.84. The fraction of sp³-hybridized carbons (Fsp3) is 0.333. The van der Waals surface area contributed by atoms with Crippen LogP contribution in [0.3, 0.4) is 0 Å². The van der Waals surface area contributed by atoms with Crippen LogP contribution in [0, 0.1) is 0 Å². The van der Waals surface area contributed by atoms with Gasteiger partial charge in [-0.3, -0.25) is 9.36 Å². The van der Waals surface area contributed by atoms with Gasteiger partial charge in [0, 0.05) is 22.2 Å². The molecule has 0 radical (unpaired) electrons. The number of carbonyl (C=O) groups excluding carboxylic acids is 1. The van der Waals surface area contributed by atoms with E-state index in [2.05, 4.69) is 25.3 Å². The molecule has 1 aromatic heterocycles. The van der Waals surface area contributed by atoms with Gasteiger partial charge in [-0.2, -0.15) is 5.10 Å². The van der Waals surface area contributed by atoms with E-state index in [4.69, 9.17) is 16.3 Å². The van der Waals surface area contributed by atoms with Gasteiger partial charge in [0.1, 0.15) is 5.75 Å². The van der Waals surface area contributed by atoms with Crippen LogP contribution in [0.25, 0.3) is 11.4 Å². The third-order valence-corrected chi connectivity index (χ3v) is 6.77. The van der Waals surface area contributed by atoms with Crippen molar-refractivity contribution in [2.24, 2.45) is 5.10 Å². The van der Waals surface area contributed by atoms with E-state index in [1.807, 2.05) is 48.5 Å². The fourth-order valence-corrected chi connectivity index (χ4v) is 4.87. The molecule has 1 aliphatic rings. The molecule has 1 N–H and O–H groups in total. The first-order valence-corrected chi connectivity index (χ1v) is 12.3. The van der Waals surface area contributed by atoms with Crippen molar-refractivity contribution >= 4 is 35.5 Å². The van der Waals surface area contributed by atoms with E-state index in [9.17, 15) is 4.79 Å². The minimum absolute atomic E-state index is 0.189. The molecule has 1 saturated carbocycles. The van der Waals surface area contributed by atoms with Gasteiger partial charge in [0.2, 0.25) is 0 Å². The van der Waals surface area contributed by atoms with Crippen molar-refractivity contribution in [1.82, 2.24) is 20.2 Å². The van der Waals surface area contributed by atoms with E-state index in [0.29, 0.717) is 16.8 Å². The first kappa shape index (κ1) is 23.3.